The van der Waals surface area contributed by atoms with E-state index in [2.05, 4.69) is 10.6 Å². The van der Waals surface area contributed by atoms with Gasteiger partial charge in [-0.2, -0.15) is 0 Å². The van der Waals surface area contributed by atoms with Gasteiger partial charge < -0.3 is 10.6 Å². The lowest BCUT2D eigenvalue weighted by molar-refractivity contribution is 0.0922. The number of nitrogens with one attached hydrogen (secondary N) is 2. The highest BCUT2D eigenvalue weighted by molar-refractivity contribution is 5.94. The van der Waals surface area contributed by atoms with Crippen molar-refractivity contribution in [1.82, 2.24) is 5.32 Å². The molecule has 2 aliphatic rings. The Morgan fingerprint density at radius 1 is 1.24 bits per heavy atom. The number of fused-ring (bicyclic) bond motifs is 2. The Hall–Kier alpha value is -1.65. The van der Waals surface area contributed by atoms with Crippen LogP contribution in [-0.4, -0.2) is 18.5 Å². The molecular weight excluding hydrogens is 274 g/mol. The van der Waals surface area contributed by atoms with E-state index in [0.717, 1.165) is 25.0 Å². The highest BCUT2D eigenvalue weighted by Gasteiger charge is 2.40. The second-order valence-electron chi connectivity index (χ2n) is 6.10. The van der Waals surface area contributed by atoms with Gasteiger partial charge in [0.15, 0.2) is 0 Å². The summed E-state index contributed by atoms with van der Waals surface area (Å²) >= 11 is 0. The maximum atomic E-state index is 13.8. The van der Waals surface area contributed by atoms with Crippen molar-refractivity contribution in [1.29, 1.82) is 0 Å². The Morgan fingerprint density at radius 3 is 2.48 bits per heavy atom. The van der Waals surface area contributed by atoms with Crippen molar-refractivity contribution in [3.8, 4) is 0 Å². The van der Waals surface area contributed by atoms with Crippen LogP contribution in [0, 0.1) is 23.5 Å². The number of anilines is 1. The molecule has 2 bridgehead atoms. The Balaban J connectivity index is 1.73. The lowest BCUT2D eigenvalue weighted by Gasteiger charge is -2.23. The van der Waals surface area contributed by atoms with Crippen molar-refractivity contribution in [2.75, 3.05) is 11.9 Å². The van der Waals surface area contributed by atoms with E-state index in [-0.39, 0.29) is 23.2 Å². The average molecular weight is 294 g/mol. The van der Waals surface area contributed by atoms with Crippen LogP contribution in [0.1, 0.15) is 43.0 Å². The molecule has 3 atom stereocenters. The summed E-state index contributed by atoms with van der Waals surface area (Å²) in [5.41, 5.74) is -0.122. The van der Waals surface area contributed by atoms with Crippen LogP contribution in [0.2, 0.25) is 0 Å². The largest absolute Gasteiger partial charge is 0.381 e. The van der Waals surface area contributed by atoms with Crippen LogP contribution in [0.25, 0.3) is 0 Å². The molecule has 0 saturated heterocycles. The highest BCUT2D eigenvalue weighted by Crippen LogP contribution is 2.44. The molecule has 1 aromatic carbocycles. The van der Waals surface area contributed by atoms with Gasteiger partial charge in [0.25, 0.3) is 5.91 Å². The van der Waals surface area contributed by atoms with Crippen LogP contribution in [0.3, 0.4) is 0 Å². The third-order valence-electron chi connectivity index (χ3n) is 4.71. The fraction of sp³-hybridized carbons (Fsp3) is 0.562. The van der Waals surface area contributed by atoms with Crippen LogP contribution >= 0.6 is 0 Å². The molecule has 114 valence electrons. The number of hydrogen-bond donors (Lipinski definition) is 2. The summed E-state index contributed by atoms with van der Waals surface area (Å²) in [5.74, 6) is -0.585. The van der Waals surface area contributed by atoms with Gasteiger partial charge in [-0.3, -0.25) is 4.79 Å². The van der Waals surface area contributed by atoms with E-state index in [1.165, 1.54) is 12.8 Å². The van der Waals surface area contributed by atoms with Gasteiger partial charge in [-0.15, -0.1) is 0 Å². The summed E-state index contributed by atoms with van der Waals surface area (Å²) in [5, 5.41) is 5.56. The molecule has 0 radical (unpaired) electrons. The zero-order valence-corrected chi connectivity index (χ0v) is 12.1. The first kappa shape index (κ1) is 14.3. The summed E-state index contributed by atoms with van der Waals surface area (Å²) < 4.78 is 27.7. The monoisotopic (exact) mass is 294 g/mol. The number of halogens is 2. The number of carbonyl (C=O) groups is 1. The van der Waals surface area contributed by atoms with E-state index in [9.17, 15) is 13.6 Å². The molecule has 0 aliphatic heterocycles. The third kappa shape index (κ3) is 2.74. The van der Waals surface area contributed by atoms with Crippen LogP contribution in [0.5, 0.6) is 0 Å². The minimum absolute atomic E-state index is 0.0504. The van der Waals surface area contributed by atoms with Gasteiger partial charge in [-0.25, -0.2) is 8.78 Å². The average Bonchev–Trinajstić information content (AvgIpc) is 3.05. The lowest BCUT2D eigenvalue weighted by Crippen LogP contribution is -2.38. The van der Waals surface area contributed by atoms with Crippen molar-refractivity contribution in [3.63, 3.8) is 0 Å². The zero-order valence-electron chi connectivity index (χ0n) is 12.1. The quantitative estimate of drug-likeness (QED) is 0.894. The molecule has 3 rings (SSSR count). The molecule has 1 amide bonds. The Kier molecular flexibility index (Phi) is 3.83. The number of benzene rings is 1. The topological polar surface area (TPSA) is 41.1 Å². The second kappa shape index (κ2) is 5.62. The van der Waals surface area contributed by atoms with Gasteiger partial charge in [0, 0.05) is 18.2 Å². The smallest absolute Gasteiger partial charge is 0.251 e. The molecule has 0 aromatic heterocycles. The van der Waals surface area contributed by atoms with E-state index < -0.39 is 11.6 Å². The van der Waals surface area contributed by atoms with Crippen molar-refractivity contribution in [3.05, 3.63) is 29.3 Å². The minimum Gasteiger partial charge on any atom is -0.381 e. The lowest BCUT2D eigenvalue weighted by atomic mass is 9.95. The fourth-order valence-electron chi connectivity index (χ4n) is 3.72. The van der Waals surface area contributed by atoms with Crippen molar-refractivity contribution >= 4 is 11.6 Å². The summed E-state index contributed by atoms with van der Waals surface area (Å²) in [6.07, 6.45) is 4.57. The summed E-state index contributed by atoms with van der Waals surface area (Å²) in [6.45, 7) is 2.18. The zero-order chi connectivity index (χ0) is 15.0. The van der Waals surface area contributed by atoms with Crippen LogP contribution < -0.4 is 10.6 Å². The minimum atomic E-state index is -0.727. The number of amides is 1. The molecule has 3 nitrogen and oxygen atoms in total. The maximum Gasteiger partial charge on any atom is 0.251 e. The molecule has 0 spiro atoms. The first-order valence-electron chi connectivity index (χ1n) is 7.62. The first-order valence-corrected chi connectivity index (χ1v) is 7.62. The molecule has 2 N–H and O–H groups in total. The molecule has 1 aromatic rings. The fourth-order valence-corrected chi connectivity index (χ4v) is 3.72. The van der Waals surface area contributed by atoms with Crippen LogP contribution in [-0.2, 0) is 0 Å². The second-order valence-corrected chi connectivity index (χ2v) is 6.10. The third-order valence-corrected chi connectivity index (χ3v) is 4.71. The van der Waals surface area contributed by atoms with Gasteiger partial charge in [-0.1, -0.05) is 6.42 Å². The van der Waals surface area contributed by atoms with Gasteiger partial charge in [0.05, 0.1) is 0 Å². The maximum absolute atomic E-state index is 13.8. The Morgan fingerprint density at radius 2 is 1.95 bits per heavy atom. The van der Waals surface area contributed by atoms with Gasteiger partial charge in [-0.05, 0) is 50.2 Å². The van der Waals surface area contributed by atoms with Crippen LogP contribution in [0.15, 0.2) is 12.1 Å². The number of rotatable bonds is 4. The SMILES string of the molecule is CCNc1c(F)cc(C(=O)NC2CC3CCC2C3)cc1F. The standard InChI is InChI=1S/C16H20F2N2O/c1-2-19-15-12(17)7-11(8-13(15)18)16(21)20-14-6-9-3-4-10(14)5-9/h7-10,14,19H,2-6H2,1H3,(H,20,21). The molecule has 21 heavy (non-hydrogen) atoms. The predicted octanol–water partition coefficient (Wildman–Crippen LogP) is 3.32. The van der Waals surface area contributed by atoms with Gasteiger partial charge in [0.2, 0.25) is 0 Å². The molecule has 3 unspecified atom stereocenters. The van der Waals surface area contributed by atoms with Crippen molar-refractivity contribution in [2.45, 2.75) is 38.6 Å². The molecule has 2 aliphatic carbocycles. The number of carbonyl (C=O) groups excluding carboxylic acids is 1. The van der Waals surface area contributed by atoms with Crippen molar-refractivity contribution in [2.24, 2.45) is 11.8 Å². The molecule has 2 fully saturated rings. The van der Waals surface area contributed by atoms with E-state index in [1.807, 2.05) is 0 Å². The van der Waals surface area contributed by atoms with Gasteiger partial charge >= 0.3 is 0 Å². The number of hydrogen-bond acceptors (Lipinski definition) is 2. The summed E-state index contributed by atoms with van der Waals surface area (Å²) in [6, 6.07) is 2.36. The summed E-state index contributed by atoms with van der Waals surface area (Å²) in [4.78, 5) is 12.2. The molecular formula is C16H20F2N2O. The van der Waals surface area contributed by atoms with Crippen molar-refractivity contribution < 1.29 is 13.6 Å². The predicted molar refractivity (Wildman–Crippen MR) is 77.2 cm³/mol. The van der Waals surface area contributed by atoms with E-state index in [0.29, 0.717) is 18.4 Å². The first-order chi connectivity index (χ1) is 10.1. The Labute approximate surface area is 123 Å². The van der Waals surface area contributed by atoms with E-state index in [4.69, 9.17) is 0 Å². The van der Waals surface area contributed by atoms with Crippen LogP contribution in [0.4, 0.5) is 14.5 Å². The molecule has 5 heteroatoms. The van der Waals surface area contributed by atoms with Gasteiger partial charge in [0.1, 0.15) is 17.3 Å². The summed E-state index contributed by atoms with van der Waals surface area (Å²) in [7, 11) is 0. The van der Waals surface area contributed by atoms with E-state index >= 15 is 0 Å². The Bertz CT molecular complexity index is 538. The molecule has 0 heterocycles. The van der Waals surface area contributed by atoms with E-state index in [1.54, 1.807) is 6.92 Å². The molecule has 2 saturated carbocycles. The highest BCUT2D eigenvalue weighted by atomic mass is 19.1. The normalized spacial score (nSPS) is 26.9.